The first-order chi connectivity index (χ1) is 7.27. The summed E-state index contributed by atoms with van der Waals surface area (Å²) in [6, 6.07) is 4.06. The van der Waals surface area contributed by atoms with E-state index in [1.807, 2.05) is 17.2 Å². The van der Waals surface area contributed by atoms with Gasteiger partial charge in [0.05, 0.1) is 0 Å². The third-order valence-electron chi connectivity index (χ3n) is 3.02. The number of amides is 1. The Kier molecular flexibility index (Phi) is 2.99. The molecule has 1 aliphatic heterocycles. The minimum atomic E-state index is 0.184. The van der Waals surface area contributed by atoms with Gasteiger partial charge in [-0.1, -0.05) is 6.07 Å². The van der Waals surface area contributed by atoms with E-state index < -0.39 is 0 Å². The Hall–Kier alpha value is -1.38. The molecule has 3 nitrogen and oxygen atoms in total. The molecule has 0 radical (unpaired) electrons. The zero-order valence-electron chi connectivity index (χ0n) is 9.02. The molecule has 0 aliphatic carbocycles. The van der Waals surface area contributed by atoms with Crippen molar-refractivity contribution in [3.8, 4) is 0 Å². The first-order valence-electron chi connectivity index (χ1n) is 5.43. The van der Waals surface area contributed by atoms with Crippen LogP contribution < -0.4 is 0 Å². The van der Waals surface area contributed by atoms with Gasteiger partial charge in [0.1, 0.15) is 0 Å². The number of rotatable bonds is 1. The quantitative estimate of drug-likeness (QED) is 0.699. The van der Waals surface area contributed by atoms with Gasteiger partial charge in [0.25, 0.3) is 0 Å². The van der Waals surface area contributed by atoms with Crippen molar-refractivity contribution in [1.29, 1.82) is 0 Å². The van der Waals surface area contributed by atoms with Crippen molar-refractivity contribution in [2.24, 2.45) is 0 Å². The Morgan fingerprint density at radius 1 is 1.60 bits per heavy atom. The first-order valence-corrected chi connectivity index (χ1v) is 5.43. The minimum absolute atomic E-state index is 0.184. The number of hydrogen-bond donors (Lipinski definition) is 0. The van der Waals surface area contributed by atoms with Crippen LogP contribution in [-0.2, 0) is 4.79 Å². The molecule has 1 saturated heterocycles. The Morgan fingerprint density at radius 2 is 2.47 bits per heavy atom. The number of hydrogen-bond acceptors (Lipinski definition) is 2. The molecule has 1 aliphatic rings. The predicted molar refractivity (Wildman–Crippen MR) is 58.5 cm³/mol. The van der Waals surface area contributed by atoms with Gasteiger partial charge in [-0.05, 0) is 24.5 Å². The zero-order chi connectivity index (χ0) is 10.7. The number of piperidine rings is 1. The maximum absolute atomic E-state index is 11.3. The first kappa shape index (κ1) is 10.1. The number of carbonyl (C=O) groups excluding carboxylic acids is 1. The van der Waals surface area contributed by atoms with E-state index in [0.29, 0.717) is 5.92 Å². The molecule has 0 aromatic carbocycles. The Labute approximate surface area is 90.1 Å². The standard InChI is InChI=1S/C12H16N2O/c1-10(15)14-7-3-5-12(9-14)11-4-2-6-13-8-11/h2,4,6,8,12H,3,5,7,9H2,1H3. The van der Waals surface area contributed by atoms with Crippen LogP contribution in [0.4, 0.5) is 0 Å². The van der Waals surface area contributed by atoms with E-state index >= 15 is 0 Å². The fraction of sp³-hybridized carbons (Fsp3) is 0.500. The van der Waals surface area contributed by atoms with Crippen LogP contribution in [-0.4, -0.2) is 28.9 Å². The van der Waals surface area contributed by atoms with Crippen molar-refractivity contribution in [2.45, 2.75) is 25.7 Å². The highest BCUT2D eigenvalue weighted by Crippen LogP contribution is 2.25. The van der Waals surface area contributed by atoms with Crippen molar-refractivity contribution in [3.63, 3.8) is 0 Å². The summed E-state index contributed by atoms with van der Waals surface area (Å²) in [6.45, 7) is 3.40. The van der Waals surface area contributed by atoms with Gasteiger partial charge < -0.3 is 4.90 Å². The number of nitrogens with zero attached hydrogens (tertiary/aromatic N) is 2. The molecular weight excluding hydrogens is 188 g/mol. The van der Waals surface area contributed by atoms with Crippen molar-refractivity contribution in [3.05, 3.63) is 30.1 Å². The Balaban J connectivity index is 2.08. The summed E-state index contributed by atoms with van der Waals surface area (Å²) >= 11 is 0. The van der Waals surface area contributed by atoms with E-state index in [4.69, 9.17) is 0 Å². The molecular formula is C12H16N2O. The number of aromatic nitrogens is 1. The van der Waals surface area contributed by atoms with Crippen LogP contribution in [0.15, 0.2) is 24.5 Å². The monoisotopic (exact) mass is 204 g/mol. The highest BCUT2D eigenvalue weighted by molar-refractivity contribution is 5.73. The fourth-order valence-electron chi connectivity index (χ4n) is 2.15. The van der Waals surface area contributed by atoms with E-state index in [0.717, 1.165) is 25.9 Å². The van der Waals surface area contributed by atoms with Gasteiger partial charge in [0.2, 0.25) is 5.91 Å². The number of carbonyl (C=O) groups is 1. The average Bonchev–Trinajstić information content (AvgIpc) is 2.30. The molecule has 0 spiro atoms. The minimum Gasteiger partial charge on any atom is -0.342 e. The molecule has 80 valence electrons. The molecule has 0 N–H and O–H groups in total. The molecule has 1 fully saturated rings. The molecule has 2 rings (SSSR count). The third kappa shape index (κ3) is 2.35. The normalized spacial score (nSPS) is 21.4. The maximum atomic E-state index is 11.3. The van der Waals surface area contributed by atoms with Crippen molar-refractivity contribution >= 4 is 5.91 Å². The van der Waals surface area contributed by atoms with Crippen molar-refractivity contribution in [1.82, 2.24) is 9.88 Å². The van der Waals surface area contributed by atoms with E-state index in [9.17, 15) is 4.79 Å². The van der Waals surface area contributed by atoms with Crippen LogP contribution in [0.25, 0.3) is 0 Å². The van der Waals surface area contributed by atoms with Crippen molar-refractivity contribution < 1.29 is 4.79 Å². The smallest absolute Gasteiger partial charge is 0.219 e. The molecule has 1 aromatic heterocycles. The van der Waals surface area contributed by atoms with Gasteiger partial charge in [-0.15, -0.1) is 0 Å². The summed E-state index contributed by atoms with van der Waals surface area (Å²) in [5, 5.41) is 0. The van der Waals surface area contributed by atoms with Gasteiger partial charge >= 0.3 is 0 Å². The van der Waals surface area contributed by atoms with Crippen LogP contribution in [0, 0.1) is 0 Å². The van der Waals surface area contributed by atoms with E-state index in [2.05, 4.69) is 11.1 Å². The van der Waals surface area contributed by atoms with Gasteiger partial charge in [0, 0.05) is 38.3 Å². The van der Waals surface area contributed by atoms with Crippen LogP contribution in [0.3, 0.4) is 0 Å². The summed E-state index contributed by atoms with van der Waals surface area (Å²) in [6.07, 6.45) is 5.96. The number of pyridine rings is 1. The maximum Gasteiger partial charge on any atom is 0.219 e. The SMILES string of the molecule is CC(=O)N1CCCC(c2cccnc2)C1. The average molecular weight is 204 g/mol. The summed E-state index contributed by atoms with van der Waals surface area (Å²) in [5.74, 6) is 0.653. The Bertz CT molecular complexity index is 337. The molecule has 1 atom stereocenters. The van der Waals surface area contributed by atoms with Gasteiger partial charge in [-0.3, -0.25) is 9.78 Å². The second-order valence-electron chi connectivity index (χ2n) is 4.09. The molecule has 2 heterocycles. The fourth-order valence-corrected chi connectivity index (χ4v) is 2.15. The van der Waals surface area contributed by atoms with E-state index in [1.165, 1.54) is 5.56 Å². The molecule has 0 saturated carbocycles. The molecule has 1 unspecified atom stereocenters. The highest BCUT2D eigenvalue weighted by Gasteiger charge is 2.22. The lowest BCUT2D eigenvalue weighted by Crippen LogP contribution is -2.37. The molecule has 15 heavy (non-hydrogen) atoms. The second kappa shape index (κ2) is 4.43. The highest BCUT2D eigenvalue weighted by atomic mass is 16.2. The van der Waals surface area contributed by atoms with E-state index in [1.54, 1.807) is 13.1 Å². The van der Waals surface area contributed by atoms with Crippen molar-refractivity contribution in [2.75, 3.05) is 13.1 Å². The van der Waals surface area contributed by atoms with E-state index in [-0.39, 0.29) is 5.91 Å². The number of likely N-dealkylation sites (tertiary alicyclic amines) is 1. The van der Waals surface area contributed by atoms with Crippen LogP contribution in [0.2, 0.25) is 0 Å². The predicted octanol–water partition coefficient (Wildman–Crippen LogP) is 1.81. The van der Waals surface area contributed by atoms with Gasteiger partial charge in [0.15, 0.2) is 0 Å². The lowest BCUT2D eigenvalue weighted by atomic mass is 9.92. The topological polar surface area (TPSA) is 33.2 Å². The lowest BCUT2D eigenvalue weighted by Gasteiger charge is -2.32. The van der Waals surface area contributed by atoms with Gasteiger partial charge in [-0.2, -0.15) is 0 Å². The summed E-state index contributed by atoms with van der Waals surface area (Å²) < 4.78 is 0. The lowest BCUT2D eigenvalue weighted by molar-refractivity contribution is -0.130. The molecule has 1 amide bonds. The third-order valence-corrected chi connectivity index (χ3v) is 3.02. The zero-order valence-corrected chi connectivity index (χ0v) is 9.02. The van der Waals surface area contributed by atoms with Crippen LogP contribution in [0.5, 0.6) is 0 Å². The van der Waals surface area contributed by atoms with Crippen LogP contribution in [0.1, 0.15) is 31.2 Å². The van der Waals surface area contributed by atoms with Crippen LogP contribution >= 0.6 is 0 Å². The second-order valence-corrected chi connectivity index (χ2v) is 4.09. The molecule has 0 bridgehead atoms. The molecule has 3 heteroatoms. The summed E-state index contributed by atoms with van der Waals surface area (Å²) in [7, 11) is 0. The molecule has 1 aromatic rings. The van der Waals surface area contributed by atoms with Gasteiger partial charge in [-0.25, -0.2) is 0 Å². The summed E-state index contributed by atoms with van der Waals surface area (Å²) in [4.78, 5) is 17.3. The summed E-state index contributed by atoms with van der Waals surface area (Å²) in [5.41, 5.74) is 1.25. The Morgan fingerprint density at radius 3 is 3.13 bits per heavy atom. The largest absolute Gasteiger partial charge is 0.342 e.